The highest BCUT2D eigenvalue weighted by Crippen LogP contribution is 2.37. The maximum atomic E-state index is 13.1. The van der Waals surface area contributed by atoms with Crippen LogP contribution < -0.4 is 0 Å². The molecule has 4 aromatic carbocycles. The Bertz CT molecular complexity index is 1510. The molecule has 4 rings (SSSR count). The molecule has 4 aromatic rings. The molecule has 0 aromatic heterocycles. The maximum absolute atomic E-state index is 13.1. The van der Waals surface area contributed by atoms with E-state index in [1.54, 1.807) is 19.1 Å². The summed E-state index contributed by atoms with van der Waals surface area (Å²) in [6.07, 6.45) is 3.79. The molecule has 0 nitrogen and oxygen atoms in total. The molecular weight excluding hydrogens is 494 g/mol. The van der Waals surface area contributed by atoms with Crippen LogP contribution in [0.25, 0.3) is 22.3 Å². The Kier molecular flexibility index (Phi) is 10.5. The predicted octanol–water partition coefficient (Wildman–Crippen LogP) is 11.4. The van der Waals surface area contributed by atoms with Gasteiger partial charge in [-0.05, 0) is 146 Å². The molecule has 0 amide bonds. The molecule has 0 heterocycles. The summed E-state index contributed by atoms with van der Waals surface area (Å²) in [6, 6.07) is 17.1. The lowest BCUT2D eigenvalue weighted by atomic mass is 9.85. The minimum atomic E-state index is -0.707. The van der Waals surface area contributed by atoms with Crippen molar-refractivity contribution in [3.05, 3.63) is 116 Å². The molecule has 2 heteroatoms. The maximum Gasteiger partial charge on any atom is 0.162 e. The Balaban J connectivity index is 0.000000307. The SMILES string of the molecule is CCCc1ccc(-c2ccc(-c3ccc(C)c(C)c3C)c(C)c2C)c(C)c1C.CCCc1ccc(C)c(F)c1F. The molecule has 40 heavy (non-hydrogen) atoms. The van der Waals surface area contributed by atoms with Gasteiger partial charge in [0, 0.05) is 0 Å². The molecule has 212 valence electrons. The Morgan fingerprint density at radius 3 is 1.30 bits per heavy atom. The van der Waals surface area contributed by atoms with E-state index in [0.29, 0.717) is 17.5 Å². The van der Waals surface area contributed by atoms with Gasteiger partial charge in [-0.1, -0.05) is 75.2 Å². The second-order valence-corrected chi connectivity index (χ2v) is 11.3. The van der Waals surface area contributed by atoms with E-state index in [2.05, 4.69) is 91.8 Å². The lowest BCUT2D eigenvalue weighted by Crippen LogP contribution is -1.99. The van der Waals surface area contributed by atoms with Gasteiger partial charge in [-0.25, -0.2) is 8.78 Å². The zero-order valence-corrected chi connectivity index (χ0v) is 26.2. The van der Waals surface area contributed by atoms with Crippen LogP contribution in [0.5, 0.6) is 0 Å². The fourth-order valence-corrected chi connectivity index (χ4v) is 5.51. The number of halogens is 2. The lowest BCUT2D eigenvalue weighted by molar-refractivity contribution is 0.493. The molecular formula is C38H46F2. The van der Waals surface area contributed by atoms with Crippen LogP contribution >= 0.6 is 0 Å². The van der Waals surface area contributed by atoms with Crippen molar-refractivity contribution in [2.75, 3.05) is 0 Å². The van der Waals surface area contributed by atoms with E-state index in [9.17, 15) is 8.78 Å². The van der Waals surface area contributed by atoms with Crippen molar-refractivity contribution in [2.45, 2.75) is 94.9 Å². The molecule has 0 unspecified atom stereocenters. The summed E-state index contributed by atoms with van der Waals surface area (Å²) in [4.78, 5) is 0. The third kappa shape index (κ3) is 6.38. The summed E-state index contributed by atoms with van der Waals surface area (Å²) in [5.41, 5.74) is 17.6. The third-order valence-corrected chi connectivity index (χ3v) is 8.72. The average Bonchev–Trinajstić information content (AvgIpc) is 2.93. The van der Waals surface area contributed by atoms with Crippen LogP contribution in [-0.4, -0.2) is 0 Å². The second-order valence-electron chi connectivity index (χ2n) is 11.3. The highest BCUT2D eigenvalue weighted by Gasteiger charge is 2.15. The first kappa shape index (κ1) is 31.3. The van der Waals surface area contributed by atoms with E-state index in [1.165, 1.54) is 73.2 Å². The standard InChI is InChI=1S/C28H34.C10H12F2/c1-9-10-24-12-14-26(21(6)19(24)4)28-16-15-27(22(7)23(28)8)25-13-11-17(2)18(3)20(25)5;1-3-4-8-6-5-7(2)9(11)10(8)12/h11-16H,9-10H2,1-8H3;5-6H,3-4H2,1-2H3. The van der Waals surface area contributed by atoms with Crippen molar-refractivity contribution in [2.24, 2.45) is 0 Å². The van der Waals surface area contributed by atoms with E-state index in [4.69, 9.17) is 0 Å². The first-order chi connectivity index (χ1) is 18.9. The zero-order chi connectivity index (χ0) is 29.7. The van der Waals surface area contributed by atoms with Crippen LogP contribution in [0.3, 0.4) is 0 Å². The highest BCUT2D eigenvalue weighted by atomic mass is 19.2. The number of hydrogen-bond acceptors (Lipinski definition) is 0. The highest BCUT2D eigenvalue weighted by molar-refractivity contribution is 5.80. The van der Waals surface area contributed by atoms with E-state index in [1.807, 2.05) is 6.92 Å². The fraction of sp³-hybridized carbons (Fsp3) is 0.368. The predicted molar refractivity (Wildman–Crippen MR) is 170 cm³/mol. The molecule has 0 atom stereocenters. The molecule has 0 radical (unpaired) electrons. The van der Waals surface area contributed by atoms with Crippen molar-refractivity contribution in [1.82, 2.24) is 0 Å². The monoisotopic (exact) mass is 540 g/mol. The minimum absolute atomic E-state index is 0.368. The molecule has 0 aliphatic heterocycles. The van der Waals surface area contributed by atoms with Gasteiger partial charge in [-0.3, -0.25) is 0 Å². The molecule has 0 spiro atoms. The summed E-state index contributed by atoms with van der Waals surface area (Å²) in [7, 11) is 0. The van der Waals surface area contributed by atoms with Crippen LogP contribution in [-0.2, 0) is 12.8 Å². The smallest absolute Gasteiger partial charge is 0.162 e. The van der Waals surface area contributed by atoms with Crippen molar-refractivity contribution in [3.63, 3.8) is 0 Å². The first-order valence-electron chi connectivity index (χ1n) is 14.6. The zero-order valence-electron chi connectivity index (χ0n) is 26.2. The summed E-state index contributed by atoms with van der Waals surface area (Å²) >= 11 is 0. The summed E-state index contributed by atoms with van der Waals surface area (Å²) in [6.45, 7) is 21.5. The molecule has 0 saturated heterocycles. The van der Waals surface area contributed by atoms with Gasteiger partial charge in [0.1, 0.15) is 0 Å². The average molecular weight is 541 g/mol. The number of benzene rings is 4. The summed E-state index contributed by atoms with van der Waals surface area (Å²) in [5.74, 6) is -1.39. The van der Waals surface area contributed by atoms with Crippen molar-refractivity contribution >= 4 is 0 Å². The van der Waals surface area contributed by atoms with Crippen LogP contribution in [0.15, 0.2) is 48.5 Å². The van der Waals surface area contributed by atoms with Gasteiger partial charge < -0.3 is 0 Å². The molecule has 0 bridgehead atoms. The summed E-state index contributed by atoms with van der Waals surface area (Å²) < 4.78 is 26.0. The van der Waals surface area contributed by atoms with Crippen molar-refractivity contribution in [1.29, 1.82) is 0 Å². The lowest BCUT2D eigenvalue weighted by Gasteiger charge is -2.19. The van der Waals surface area contributed by atoms with Gasteiger partial charge in [0.05, 0.1) is 0 Å². The van der Waals surface area contributed by atoms with Gasteiger partial charge in [0.25, 0.3) is 0 Å². The van der Waals surface area contributed by atoms with Crippen molar-refractivity contribution < 1.29 is 8.78 Å². The van der Waals surface area contributed by atoms with E-state index < -0.39 is 11.6 Å². The Hall–Kier alpha value is -3.26. The van der Waals surface area contributed by atoms with Crippen LogP contribution in [0.1, 0.15) is 82.3 Å². The molecule has 0 N–H and O–H groups in total. The Morgan fingerprint density at radius 2 is 0.775 bits per heavy atom. The molecule has 0 aliphatic rings. The first-order valence-corrected chi connectivity index (χ1v) is 14.6. The van der Waals surface area contributed by atoms with Gasteiger partial charge in [0.2, 0.25) is 0 Å². The largest absolute Gasteiger partial charge is 0.203 e. The van der Waals surface area contributed by atoms with Crippen molar-refractivity contribution in [3.8, 4) is 22.3 Å². The van der Waals surface area contributed by atoms with Crippen LogP contribution in [0.2, 0.25) is 0 Å². The molecule has 0 saturated carbocycles. The normalized spacial score (nSPS) is 10.9. The van der Waals surface area contributed by atoms with Crippen LogP contribution in [0, 0.1) is 67.0 Å². The number of rotatable bonds is 6. The van der Waals surface area contributed by atoms with Gasteiger partial charge in [-0.15, -0.1) is 0 Å². The topological polar surface area (TPSA) is 0 Å². The molecule has 0 fully saturated rings. The minimum Gasteiger partial charge on any atom is -0.203 e. The van der Waals surface area contributed by atoms with E-state index in [-0.39, 0.29) is 0 Å². The summed E-state index contributed by atoms with van der Waals surface area (Å²) in [5, 5.41) is 0. The number of aryl methyl sites for hydroxylation is 4. The Labute approximate surface area is 241 Å². The number of hydrogen-bond donors (Lipinski definition) is 0. The van der Waals surface area contributed by atoms with E-state index >= 15 is 0 Å². The quantitative estimate of drug-likeness (QED) is 0.228. The second kappa shape index (κ2) is 13.4. The third-order valence-electron chi connectivity index (χ3n) is 8.72. The molecule has 0 aliphatic carbocycles. The van der Waals surface area contributed by atoms with Crippen LogP contribution in [0.4, 0.5) is 8.78 Å². The van der Waals surface area contributed by atoms with Gasteiger partial charge >= 0.3 is 0 Å². The van der Waals surface area contributed by atoms with Gasteiger partial charge in [0.15, 0.2) is 11.6 Å². The Morgan fingerprint density at radius 1 is 0.400 bits per heavy atom. The fourth-order valence-electron chi connectivity index (χ4n) is 5.51. The van der Waals surface area contributed by atoms with E-state index in [0.717, 1.165) is 12.8 Å². The van der Waals surface area contributed by atoms with Gasteiger partial charge in [-0.2, -0.15) is 0 Å².